The molecule has 0 heterocycles. The third-order valence-corrected chi connectivity index (χ3v) is 3.19. The highest BCUT2D eigenvalue weighted by molar-refractivity contribution is 6.36. The number of nitro groups is 1. The second-order valence-corrected chi connectivity index (χ2v) is 4.50. The Bertz CT molecular complexity index is 644. The molecule has 19 heavy (non-hydrogen) atoms. The maximum atomic E-state index is 10.8. The molecule has 0 aromatic heterocycles. The van der Waals surface area contributed by atoms with Crippen LogP contribution in [0.2, 0.25) is 10.0 Å². The maximum absolute atomic E-state index is 10.8. The van der Waals surface area contributed by atoms with Gasteiger partial charge in [-0.15, -0.1) is 0 Å². The SMILES string of the molecule is COc1[c]cc(Cl)c(-c2cc([N+](=O)[O-])ccc2Cl)c1. The Hall–Kier alpha value is -1.78. The van der Waals surface area contributed by atoms with Crippen LogP contribution in [0.3, 0.4) is 0 Å². The molecule has 4 nitrogen and oxygen atoms in total. The molecule has 0 bridgehead atoms. The van der Waals surface area contributed by atoms with Crippen LogP contribution >= 0.6 is 23.2 Å². The van der Waals surface area contributed by atoms with Gasteiger partial charge in [0, 0.05) is 39.4 Å². The Morgan fingerprint density at radius 3 is 2.53 bits per heavy atom. The molecule has 2 aromatic rings. The van der Waals surface area contributed by atoms with Crippen molar-refractivity contribution >= 4 is 28.9 Å². The van der Waals surface area contributed by atoms with E-state index in [1.165, 1.54) is 31.4 Å². The molecule has 6 heteroatoms. The highest BCUT2D eigenvalue weighted by Gasteiger charge is 2.14. The first-order valence-corrected chi connectivity index (χ1v) is 5.98. The van der Waals surface area contributed by atoms with Crippen LogP contribution in [0, 0.1) is 16.2 Å². The first-order chi connectivity index (χ1) is 9.02. The summed E-state index contributed by atoms with van der Waals surface area (Å²) in [6.07, 6.45) is 0. The molecule has 1 radical (unpaired) electrons. The van der Waals surface area contributed by atoms with Crippen LogP contribution in [-0.4, -0.2) is 12.0 Å². The first-order valence-electron chi connectivity index (χ1n) is 5.22. The summed E-state index contributed by atoms with van der Waals surface area (Å²) in [6.45, 7) is 0. The van der Waals surface area contributed by atoms with E-state index in [1.807, 2.05) is 0 Å². The molecule has 0 aliphatic heterocycles. The van der Waals surface area contributed by atoms with Crippen molar-refractivity contribution in [2.75, 3.05) is 7.11 Å². The summed E-state index contributed by atoms with van der Waals surface area (Å²) in [7, 11) is 1.50. The van der Waals surface area contributed by atoms with E-state index in [0.29, 0.717) is 26.9 Å². The normalized spacial score (nSPS) is 10.3. The number of halogens is 2. The van der Waals surface area contributed by atoms with Gasteiger partial charge in [0.2, 0.25) is 0 Å². The van der Waals surface area contributed by atoms with E-state index in [9.17, 15) is 10.1 Å². The molecular weight excluding hydrogens is 289 g/mol. The maximum Gasteiger partial charge on any atom is 0.270 e. The predicted octanol–water partition coefficient (Wildman–Crippen LogP) is 4.38. The van der Waals surface area contributed by atoms with Crippen molar-refractivity contribution in [1.29, 1.82) is 0 Å². The Kier molecular flexibility index (Phi) is 3.93. The number of hydrogen-bond acceptors (Lipinski definition) is 3. The van der Waals surface area contributed by atoms with Crippen molar-refractivity contribution in [2.45, 2.75) is 0 Å². The Morgan fingerprint density at radius 2 is 1.89 bits per heavy atom. The van der Waals surface area contributed by atoms with Gasteiger partial charge in [-0.2, -0.15) is 0 Å². The van der Waals surface area contributed by atoms with Crippen LogP contribution in [0.25, 0.3) is 11.1 Å². The van der Waals surface area contributed by atoms with Gasteiger partial charge in [0.1, 0.15) is 5.75 Å². The van der Waals surface area contributed by atoms with Gasteiger partial charge in [0.05, 0.1) is 12.0 Å². The van der Waals surface area contributed by atoms with Crippen LogP contribution in [0.1, 0.15) is 0 Å². The minimum atomic E-state index is -0.486. The molecule has 0 fully saturated rings. The van der Waals surface area contributed by atoms with E-state index in [2.05, 4.69) is 6.07 Å². The standard InChI is InChI=1S/C13H8Cl2NO3/c1-19-9-3-5-13(15)11(7-9)10-6-8(16(17)18)2-4-12(10)14/h2,4-7H,1H3. The largest absolute Gasteiger partial charge is 0.496 e. The zero-order valence-electron chi connectivity index (χ0n) is 9.81. The summed E-state index contributed by atoms with van der Waals surface area (Å²) in [5.41, 5.74) is 0.987. The molecule has 0 N–H and O–H groups in total. The number of nitrogens with zero attached hydrogens (tertiary/aromatic N) is 1. The van der Waals surface area contributed by atoms with Crippen LogP contribution in [0.5, 0.6) is 5.75 Å². The summed E-state index contributed by atoms with van der Waals surface area (Å²) in [5.74, 6) is 0.474. The lowest BCUT2D eigenvalue weighted by atomic mass is 10.0. The monoisotopic (exact) mass is 296 g/mol. The molecule has 2 aromatic carbocycles. The van der Waals surface area contributed by atoms with Gasteiger partial charge in [0.15, 0.2) is 0 Å². The predicted molar refractivity (Wildman–Crippen MR) is 73.9 cm³/mol. The van der Waals surface area contributed by atoms with E-state index < -0.39 is 4.92 Å². The molecule has 0 saturated carbocycles. The van der Waals surface area contributed by atoms with Crippen LogP contribution < -0.4 is 4.74 Å². The smallest absolute Gasteiger partial charge is 0.270 e. The third-order valence-electron chi connectivity index (χ3n) is 2.54. The lowest BCUT2D eigenvalue weighted by molar-refractivity contribution is -0.384. The van der Waals surface area contributed by atoms with Crippen molar-refractivity contribution < 1.29 is 9.66 Å². The molecule has 97 valence electrons. The van der Waals surface area contributed by atoms with Gasteiger partial charge < -0.3 is 4.74 Å². The van der Waals surface area contributed by atoms with E-state index in [0.717, 1.165) is 0 Å². The zero-order chi connectivity index (χ0) is 14.0. The molecule has 0 amide bonds. The molecule has 0 aliphatic carbocycles. The number of rotatable bonds is 3. The average Bonchev–Trinajstić information content (AvgIpc) is 2.40. The van der Waals surface area contributed by atoms with Gasteiger partial charge in [0.25, 0.3) is 5.69 Å². The van der Waals surface area contributed by atoms with Crippen LogP contribution in [0.15, 0.2) is 30.3 Å². The number of hydrogen-bond donors (Lipinski definition) is 0. The number of ether oxygens (including phenoxy) is 1. The van der Waals surface area contributed by atoms with Crippen molar-refractivity contribution in [3.8, 4) is 16.9 Å². The Balaban J connectivity index is 2.63. The van der Waals surface area contributed by atoms with E-state index in [-0.39, 0.29) is 5.69 Å². The second kappa shape index (κ2) is 5.47. The number of benzene rings is 2. The van der Waals surface area contributed by atoms with Crippen LogP contribution in [0.4, 0.5) is 5.69 Å². The fourth-order valence-corrected chi connectivity index (χ4v) is 2.04. The second-order valence-electron chi connectivity index (χ2n) is 3.68. The molecule has 0 unspecified atom stereocenters. The summed E-state index contributed by atoms with van der Waals surface area (Å²) in [5, 5.41) is 11.6. The van der Waals surface area contributed by atoms with Gasteiger partial charge in [-0.25, -0.2) is 0 Å². The lowest BCUT2D eigenvalue weighted by Gasteiger charge is -2.08. The van der Waals surface area contributed by atoms with E-state index in [4.69, 9.17) is 27.9 Å². The average molecular weight is 297 g/mol. The molecule has 0 atom stereocenters. The quantitative estimate of drug-likeness (QED) is 0.624. The van der Waals surface area contributed by atoms with E-state index in [1.54, 1.807) is 6.07 Å². The van der Waals surface area contributed by atoms with Gasteiger partial charge in [-0.05, 0) is 18.2 Å². The summed E-state index contributed by atoms with van der Waals surface area (Å²) >= 11 is 12.1. The minimum absolute atomic E-state index is 0.0535. The van der Waals surface area contributed by atoms with Gasteiger partial charge >= 0.3 is 0 Å². The fourth-order valence-electron chi connectivity index (χ4n) is 1.61. The number of non-ortho nitro benzene ring substituents is 1. The Labute approximate surface area is 119 Å². The summed E-state index contributed by atoms with van der Waals surface area (Å²) in [4.78, 5) is 10.3. The first kappa shape index (κ1) is 13.6. The molecule has 0 spiro atoms. The number of nitro benzene ring substituents is 1. The Morgan fingerprint density at radius 1 is 1.21 bits per heavy atom. The molecule has 0 saturated heterocycles. The highest BCUT2D eigenvalue weighted by Crippen LogP contribution is 2.37. The van der Waals surface area contributed by atoms with Crippen molar-refractivity contribution in [2.24, 2.45) is 0 Å². The van der Waals surface area contributed by atoms with Crippen LogP contribution in [-0.2, 0) is 0 Å². The highest BCUT2D eigenvalue weighted by atomic mass is 35.5. The third kappa shape index (κ3) is 2.80. The minimum Gasteiger partial charge on any atom is -0.496 e. The summed E-state index contributed by atoms with van der Waals surface area (Å²) in [6, 6.07) is 10.2. The van der Waals surface area contributed by atoms with E-state index >= 15 is 0 Å². The molecule has 0 aliphatic rings. The topological polar surface area (TPSA) is 52.4 Å². The van der Waals surface area contributed by atoms with Crippen molar-refractivity contribution in [1.82, 2.24) is 0 Å². The number of methoxy groups -OCH3 is 1. The van der Waals surface area contributed by atoms with Gasteiger partial charge in [-0.1, -0.05) is 23.2 Å². The van der Waals surface area contributed by atoms with Crippen molar-refractivity contribution in [3.63, 3.8) is 0 Å². The summed E-state index contributed by atoms with van der Waals surface area (Å²) < 4.78 is 5.06. The lowest BCUT2D eigenvalue weighted by Crippen LogP contribution is -1.90. The van der Waals surface area contributed by atoms with Gasteiger partial charge in [-0.3, -0.25) is 10.1 Å². The molecular formula is C13H8Cl2NO3. The zero-order valence-corrected chi connectivity index (χ0v) is 11.3. The fraction of sp³-hybridized carbons (Fsp3) is 0.0769. The van der Waals surface area contributed by atoms with Crippen molar-refractivity contribution in [3.05, 3.63) is 56.6 Å². The molecule has 2 rings (SSSR count).